The van der Waals surface area contributed by atoms with E-state index in [0.29, 0.717) is 116 Å². The number of hydrogen-bond donors (Lipinski definition) is 19. The van der Waals surface area contributed by atoms with Crippen LogP contribution in [-0.4, -0.2) is 195 Å². The maximum Gasteiger partial charge on any atom is 0.303 e. The summed E-state index contributed by atoms with van der Waals surface area (Å²) in [5, 5.41) is 133. The standard InChI is InChI=1S/C19H21NO4.C18H19NO4.C17H24O5.C16H23NO4.C15H22N2O4.C12H14ClNO4.C11H15NO4/c1-2-24-17-8-4-3-7-16(17)19(23)20-15-12-10-14(11-13-15)6-5-9-18(21)22;20-16-10-3-2-9-15(16)18(23)19-14-8-5-7-13(12-14)6-1-4-11-17(21)22;18-14(13-22-16-11-8-7-10-15(16)19)9-5-3-1-2-4-6-12-17(20)21;18-14-9-6-5-8-13(14)12-15(19)17-11-7-3-1-2-4-10-16(20)21;18-12-8-7-11-16-15(12)17-13(19)9-5-3-1-2-4-6-10-14(20)21;13-8-5-6-9(10(15)7-8)14-11(16)3-1-2-4-12(17)18;13-6-8-16-7-5-12-11(15)9-3-1-2-4-10(9)14/h3-4,7-8,10-13H,2,5-6,9H2,1H3,(H,20,23)(H,21,22);2-3,5,7-10,12,20H,1,4,6,11H2,(H,19,23)(H,21,22);7-8,10-11,19H,1-6,9,12-13H2,(H,20,21);5-6,8-9,18H,1-4,7,10-12H2,(H,17,19)(H,20,21);7-8,11,18H,1-6,9-10H2,(H,20,21)(H,16,17,19);5-7,15H,1-4H2,(H,14,16)(H,17,18);1-4,13-14H,5-8H2,(H,12,15). The summed E-state index contributed by atoms with van der Waals surface area (Å²) in [5.41, 5.74) is 5.29. The lowest BCUT2D eigenvalue weighted by Gasteiger charge is -2.11. The van der Waals surface area contributed by atoms with Crippen LogP contribution in [0.1, 0.15) is 254 Å². The molecule has 1 aromatic heterocycles. The zero-order valence-corrected chi connectivity index (χ0v) is 82.5. The number of carbonyl (C=O) groups excluding carboxylic acids is 7. The van der Waals surface area contributed by atoms with E-state index in [1.54, 1.807) is 115 Å². The zero-order valence-electron chi connectivity index (χ0n) is 81.8. The van der Waals surface area contributed by atoms with Crippen molar-refractivity contribution in [3.8, 4) is 46.0 Å². The molecule has 37 heteroatoms. The van der Waals surface area contributed by atoms with E-state index < -0.39 is 35.8 Å². The zero-order chi connectivity index (χ0) is 107. The molecule has 1 heterocycles. The lowest BCUT2D eigenvalue weighted by Crippen LogP contribution is -2.27. The molecule has 0 fully saturated rings. The van der Waals surface area contributed by atoms with Crippen molar-refractivity contribution >= 4 is 112 Å². The van der Waals surface area contributed by atoms with Crippen LogP contribution >= 0.6 is 11.6 Å². The molecule has 0 saturated heterocycles. The van der Waals surface area contributed by atoms with Gasteiger partial charge in [-0.1, -0.05) is 173 Å². The summed E-state index contributed by atoms with van der Waals surface area (Å²) in [6.07, 6.45) is 23.6. The van der Waals surface area contributed by atoms with Gasteiger partial charge in [0.15, 0.2) is 28.8 Å². The van der Waals surface area contributed by atoms with Gasteiger partial charge in [0.05, 0.1) is 55.2 Å². The molecule has 0 unspecified atom stereocenters. The van der Waals surface area contributed by atoms with Crippen LogP contribution in [-0.2, 0) is 71.9 Å². The first-order valence-corrected chi connectivity index (χ1v) is 48.6. The fraction of sp³-hybridized carbons (Fsp3) is 0.389. The molecule has 0 saturated carbocycles. The molecule has 9 rings (SSSR count). The number of anilines is 4. The number of aromatic nitrogens is 1. The number of phenolic OH excluding ortho intramolecular Hbond substituents is 5. The van der Waals surface area contributed by atoms with E-state index in [2.05, 4.69) is 36.9 Å². The number of rotatable bonds is 59. The van der Waals surface area contributed by atoms with Crippen LogP contribution < -0.4 is 41.4 Å². The Bertz CT molecular complexity index is 5310. The second kappa shape index (κ2) is 76.6. The number of para-hydroxylation sites is 6. The number of unbranched alkanes of at least 4 members (excludes halogenated alkanes) is 16. The number of aliphatic carboxylic acids is 6. The molecule has 0 atom stereocenters. The van der Waals surface area contributed by atoms with Gasteiger partial charge in [0.1, 0.15) is 35.4 Å². The Morgan fingerprint density at radius 1 is 0.331 bits per heavy atom. The summed E-state index contributed by atoms with van der Waals surface area (Å²) in [4.78, 5) is 149. The van der Waals surface area contributed by atoms with Crippen molar-refractivity contribution in [1.82, 2.24) is 15.6 Å². The van der Waals surface area contributed by atoms with Gasteiger partial charge in [-0.25, -0.2) is 4.98 Å². The molecule has 0 aliphatic carbocycles. The second-order valence-corrected chi connectivity index (χ2v) is 33.3. The van der Waals surface area contributed by atoms with E-state index in [0.717, 1.165) is 133 Å². The molecule has 786 valence electrons. The molecule has 9 aromatic rings. The fourth-order valence-corrected chi connectivity index (χ4v) is 13.4. The first-order valence-electron chi connectivity index (χ1n) is 48.2. The predicted octanol–water partition coefficient (Wildman–Crippen LogP) is 18.9. The minimum Gasteiger partial charge on any atom is -0.508 e. The van der Waals surface area contributed by atoms with Crippen molar-refractivity contribution in [3.05, 3.63) is 245 Å². The summed E-state index contributed by atoms with van der Waals surface area (Å²) < 4.78 is 15.7. The van der Waals surface area contributed by atoms with Crippen molar-refractivity contribution in [2.75, 3.05) is 67.4 Å². The van der Waals surface area contributed by atoms with Crippen molar-refractivity contribution in [2.45, 2.75) is 225 Å². The van der Waals surface area contributed by atoms with Gasteiger partial charge in [-0.15, -0.1) is 0 Å². The van der Waals surface area contributed by atoms with E-state index in [1.165, 1.54) is 42.6 Å². The van der Waals surface area contributed by atoms with E-state index >= 15 is 0 Å². The summed E-state index contributed by atoms with van der Waals surface area (Å²) in [5.74, 6) is -5.08. The molecule has 0 bridgehead atoms. The number of benzene rings is 8. The SMILES string of the molecule is CCOc1ccccc1C(=O)Nc1ccc(CCCC(=O)O)cc1.O=C(NCCOCCO)c1ccccc1O.O=C(O)CCCCC(=O)Nc1ccc(Cl)cc1O.O=C(O)CCCCCCCCC(=O)COc1ccccc1O.O=C(O)CCCCCCCCC(=O)Nc1ncccc1O.O=C(O)CCCCCCCNC(=O)Cc1ccccc1O.O=C(O)CCCCc1cccc(NC(=O)c2ccccc2O)c1. The molecular formula is C108H138ClN7O29. The number of carboxylic acids is 6. The first kappa shape index (κ1) is 124. The topological polar surface area (TPSA) is 598 Å². The molecule has 0 aliphatic heterocycles. The molecule has 0 radical (unpaired) electrons. The number of carboxylic acid groups (broad SMARTS) is 6. The van der Waals surface area contributed by atoms with Gasteiger partial charge < -0.3 is 112 Å². The molecular weight excluding hydrogens is 1890 g/mol. The van der Waals surface area contributed by atoms with Crippen LogP contribution in [0, 0.1) is 0 Å². The number of amides is 6. The Morgan fingerprint density at radius 3 is 1.32 bits per heavy atom. The lowest BCUT2D eigenvalue weighted by molar-refractivity contribution is -0.138. The normalized spacial score (nSPS) is 10.2. The van der Waals surface area contributed by atoms with Gasteiger partial charge in [-0.2, -0.15) is 0 Å². The predicted molar refractivity (Wildman–Crippen MR) is 549 cm³/mol. The molecule has 0 aliphatic rings. The second-order valence-electron chi connectivity index (χ2n) is 32.8. The smallest absolute Gasteiger partial charge is 0.303 e. The number of Topliss-reactive ketones (excluding diaryl/α,β-unsaturated/α-hetero) is 1. The maximum absolute atomic E-state index is 12.4. The third kappa shape index (κ3) is 61.3. The summed E-state index contributed by atoms with van der Waals surface area (Å²) >= 11 is 5.66. The number of pyridine rings is 1. The van der Waals surface area contributed by atoms with E-state index in [1.807, 2.05) is 55.5 Å². The number of nitrogens with zero attached hydrogens (tertiary/aromatic N) is 1. The van der Waals surface area contributed by atoms with Crippen LogP contribution in [0.2, 0.25) is 5.02 Å². The molecule has 36 nitrogen and oxygen atoms in total. The monoisotopic (exact) mass is 2030 g/mol. The maximum atomic E-state index is 12.4. The van der Waals surface area contributed by atoms with E-state index in [-0.39, 0.29) is 164 Å². The van der Waals surface area contributed by atoms with Gasteiger partial charge in [0.2, 0.25) is 17.7 Å². The molecule has 8 aromatic carbocycles. The number of carbonyl (C=O) groups is 13. The first-order chi connectivity index (χ1) is 69.7. The highest BCUT2D eigenvalue weighted by molar-refractivity contribution is 6.30. The Kier molecular flexibility index (Phi) is 65.5. The largest absolute Gasteiger partial charge is 0.508 e. The van der Waals surface area contributed by atoms with E-state index in [9.17, 15) is 93.0 Å². The van der Waals surface area contributed by atoms with Crippen LogP contribution in [0.5, 0.6) is 46.0 Å². The summed E-state index contributed by atoms with van der Waals surface area (Å²) in [7, 11) is 0. The molecule has 145 heavy (non-hydrogen) atoms. The van der Waals surface area contributed by atoms with Crippen molar-refractivity contribution in [3.63, 3.8) is 0 Å². The highest BCUT2D eigenvalue weighted by Gasteiger charge is 2.18. The number of aryl methyl sites for hydroxylation is 2. The number of halogens is 1. The van der Waals surface area contributed by atoms with Crippen LogP contribution in [0.15, 0.2) is 206 Å². The van der Waals surface area contributed by atoms with Gasteiger partial charge in [0.25, 0.3) is 17.7 Å². The number of aliphatic hydroxyl groups excluding tert-OH is 1. The number of aliphatic hydroxyl groups is 1. The lowest BCUT2D eigenvalue weighted by atomic mass is 10.1. The number of phenols is 5. The third-order valence-electron chi connectivity index (χ3n) is 20.8. The van der Waals surface area contributed by atoms with Crippen LogP contribution in [0.4, 0.5) is 22.9 Å². The van der Waals surface area contributed by atoms with Crippen molar-refractivity contribution < 1.29 is 143 Å². The Hall–Kier alpha value is -15.2. The number of nitrogens with one attached hydrogen (secondary N) is 6. The summed E-state index contributed by atoms with van der Waals surface area (Å²) in [6, 6.07) is 55.5. The number of ether oxygens (including phenoxy) is 3. The van der Waals surface area contributed by atoms with Gasteiger partial charge in [-0.05, 0) is 205 Å². The minimum atomic E-state index is -0.870. The molecule has 0 spiro atoms. The van der Waals surface area contributed by atoms with Gasteiger partial charge >= 0.3 is 35.8 Å². The van der Waals surface area contributed by atoms with Gasteiger partial charge in [-0.3, -0.25) is 62.3 Å². The Morgan fingerprint density at radius 2 is 0.779 bits per heavy atom. The minimum absolute atomic E-state index is 0.0177. The Balaban J connectivity index is 0.000000436. The van der Waals surface area contributed by atoms with Gasteiger partial charge in [0, 0.05) is 105 Å². The van der Waals surface area contributed by atoms with Crippen molar-refractivity contribution in [1.29, 1.82) is 0 Å². The fourth-order valence-electron chi connectivity index (χ4n) is 13.3. The third-order valence-corrected chi connectivity index (χ3v) is 21.0. The quantitative estimate of drug-likeness (QED) is 0.0124. The summed E-state index contributed by atoms with van der Waals surface area (Å²) in [6.45, 7) is 3.86. The molecule has 19 N–H and O–H groups in total. The average molecular weight is 2030 g/mol. The number of hydrogen-bond acceptors (Lipinski definition) is 24. The Labute approximate surface area is 849 Å². The van der Waals surface area contributed by atoms with Crippen LogP contribution in [0.3, 0.4) is 0 Å². The number of aromatic hydroxyl groups is 6. The van der Waals surface area contributed by atoms with Crippen LogP contribution in [0.25, 0.3) is 0 Å². The highest BCUT2D eigenvalue weighted by Crippen LogP contribution is 2.30. The van der Waals surface area contributed by atoms with E-state index in [4.69, 9.17) is 61.6 Å². The number of ketones is 1. The average Bonchev–Trinajstić information content (AvgIpc) is 0.852. The molecule has 6 amide bonds. The highest BCUT2D eigenvalue weighted by atomic mass is 35.5. The van der Waals surface area contributed by atoms with Crippen molar-refractivity contribution in [2.24, 2.45) is 0 Å².